The topological polar surface area (TPSA) is 28.2 Å². The number of hydrogen-bond donors (Lipinski definition) is 1. The third-order valence-corrected chi connectivity index (χ3v) is 4.86. The van der Waals surface area contributed by atoms with Gasteiger partial charge in [0.25, 0.3) is 0 Å². The molecule has 4 heteroatoms. The van der Waals surface area contributed by atoms with Crippen LogP contribution in [0, 0.1) is 6.92 Å². The first kappa shape index (κ1) is 14.0. The van der Waals surface area contributed by atoms with E-state index >= 15 is 0 Å². The van der Waals surface area contributed by atoms with E-state index in [1.165, 1.54) is 47.9 Å². The predicted molar refractivity (Wildman–Crippen MR) is 78.0 cm³/mol. The van der Waals surface area contributed by atoms with Gasteiger partial charge in [-0.15, -0.1) is 11.3 Å². The fourth-order valence-electron chi connectivity index (χ4n) is 2.26. The Morgan fingerprint density at radius 2 is 2.11 bits per heavy atom. The summed E-state index contributed by atoms with van der Waals surface area (Å²) in [5.74, 6) is 0. The van der Waals surface area contributed by atoms with Crippen LogP contribution >= 0.6 is 11.3 Å². The lowest BCUT2D eigenvalue weighted by Crippen LogP contribution is -2.24. The molecule has 1 saturated heterocycles. The van der Waals surface area contributed by atoms with Crippen LogP contribution in [0.15, 0.2) is 0 Å². The van der Waals surface area contributed by atoms with E-state index in [1.807, 2.05) is 11.3 Å². The quantitative estimate of drug-likeness (QED) is 0.859. The van der Waals surface area contributed by atoms with E-state index in [-0.39, 0.29) is 0 Å². The Morgan fingerprint density at radius 3 is 2.78 bits per heavy atom. The summed E-state index contributed by atoms with van der Waals surface area (Å²) in [4.78, 5) is 8.64. The fraction of sp³-hybridized carbons (Fsp3) is 0.786. The largest absolute Gasteiger partial charge is 0.309 e. The average molecular weight is 267 g/mol. The Balaban J connectivity index is 1.89. The molecule has 0 amide bonds. The molecule has 1 unspecified atom stereocenters. The second kappa shape index (κ2) is 6.64. The Morgan fingerprint density at radius 1 is 1.39 bits per heavy atom. The molecule has 1 aromatic heterocycles. The third kappa shape index (κ3) is 3.77. The Kier molecular flexibility index (Phi) is 5.15. The van der Waals surface area contributed by atoms with Gasteiger partial charge >= 0.3 is 0 Å². The summed E-state index contributed by atoms with van der Waals surface area (Å²) in [5, 5.41) is 4.84. The van der Waals surface area contributed by atoms with E-state index in [0.29, 0.717) is 6.04 Å². The minimum Gasteiger partial charge on any atom is -0.309 e. The molecule has 0 aromatic carbocycles. The molecule has 1 N–H and O–H groups in total. The number of aryl methyl sites for hydroxylation is 1. The van der Waals surface area contributed by atoms with Gasteiger partial charge in [0.05, 0.1) is 12.2 Å². The van der Waals surface area contributed by atoms with Crippen LogP contribution in [-0.4, -0.2) is 29.0 Å². The van der Waals surface area contributed by atoms with Crippen LogP contribution in [-0.2, 0) is 13.1 Å². The minimum absolute atomic E-state index is 0.591. The van der Waals surface area contributed by atoms with Gasteiger partial charge in [0.15, 0.2) is 0 Å². The molecule has 2 heterocycles. The molecule has 102 valence electrons. The summed E-state index contributed by atoms with van der Waals surface area (Å²) in [7, 11) is 0. The van der Waals surface area contributed by atoms with E-state index in [4.69, 9.17) is 4.98 Å². The smallest absolute Gasteiger partial charge is 0.107 e. The minimum atomic E-state index is 0.591. The Hall–Kier alpha value is -0.450. The molecule has 1 aromatic rings. The third-order valence-electron chi connectivity index (χ3n) is 3.72. The maximum atomic E-state index is 4.71. The molecule has 3 nitrogen and oxygen atoms in total. The van der Waals surface area contributed by atoms with Crippen LogP contribution in [0.4, 0.5) is 0 Å². The first-order valence-electron chi connectivity index (χ1n) is 7.10. The zero-order chi connectivity index (χ0) is 13.0. The van der Waals surface area contributed by atoms with Gasteiger partial charge in [0, 0.05) is 17.5 Å². The van der Waals surface area contributed by atoms with Crippen LogP contribution in [0.1, 0.15) is 48.7 Å². The highest BCUT2D eigenvalue weighted by Gasteiger charge is 2.15. The zero-order valence-electron chi connectivity index (χ0n) is 11.8. The van der Waals surface area contributed by atoms with Crippen LogP contribution in [0.25, 0.3) is 0 Å². The van der Waals surface area contributed by atoms with Crippen molar-refractivity contribution in [2.24, 2.45) is 0 Å². The first-order chi connectivity index (χ1) is 8.69. The Bertz CT molecular complexity index is 369. The second-order valence-corrected chi connectivity index (χ2v) is 6.46. The summed E-state index contributed by atoms with van der Waals surface area (Å²) >= 11 is 1.88. The molecule has 18 heavy (non-hydrogen) atoms. The molecule has 0 radical (unpaired) electrons. The van der Waals surface area contributed by atoms with E-state index in [0.717, 1.165) is 13.1 Å². The molecule has 0 spiro atoms. The van der Waals surface area contributed by atoms with E-state index in [1.54, 1.807) is 0 Å². The van der Waals surface area contributed by atoms with Crippen LogP contribution in [0.2, 0.25) is 0 Å². The number of nitrogens with zero attached hydrogens (tertiary/aromatic N) is 2. The molecule has 1 aliphatic heterocycles. The molecular weight excluding hydrogens is 242 g/mol. The van der Waals surface area contributed by atoms with Gasteiger partial charge in [-0.25, -0.2) is 4.98 Å². The first-order valence-corrected chi connectivity index (χ1v) is 7.91. The predicted octanol–water partition coefficient (Wildman–Crippen LogP) is 2.94. The highest BCUT2D eigenvalue weighted by molar-refractivity contribution is 7.11. The standard InChI is InChI=1S/C14H25N3S/c1-4-11(2)15-9-13-12(3)16-14(18-13)10-17-7-5-6-8-17/h11,15H,4-10H2,1-3H3. The van der Waals surface area contributed by atoms with Crippen LogP contribution < -0.4 is 5.32 Å². The zero-order valence-corrected chi connectivity index (χ0v) is 12.6. The number of hydrogen-bond acceptors (Lipinski definition) is 4. The number of likely N-dealkylation sites (tertiary alicyclic amines) is 1. The van der Waals surface area contributed by atoms with Crippen LogP contribution in [0.5, 0.6) is 0 Å². The lowest BCUT2D eigenvalue weighted by molar-refractivity contribution is 0.330. The maximum absolute atomic E-state index is 4.71. The summed E-state index contributed by atoms with van der Waals surface area (Å²) in [6.45, 7) is 11.1. The van der Waals surface area contributed by atoms with Gasteiger partial charge < -0.3 is 5.32 Å². The summed E-state index contributed by atoms with van der Waals surface area (Å²) in [6, 6.07) is 0.591. The lowest BCUT2D eigenvalue weighted by Gasteiger charge is -2.11. The summed E-state index contributed by atoms with van der Waals surface area (Å²) in [6.07, 6.45) is 3.89. The molecule has 1 atom stereocenters. The molecule has 1 aliphatic rings. The van der Waals surface area contributed by atoms with Crippen molar-refractivity contribution in [2.45, 2.75) is 59.2 Å². The molecule has 0 aliphatic carbocycles. The summed E-state index contributed by atoms with van der Waals surface area (Å²) in [5.41, 5.74) is 1.21. The van der Waals surface area contributed by atoms with Crippen molar-refractivity contribution in [3.05, 3.63) is 15.6 Å². The Labute approximate surface area is 115 Å². The van der Waals surface area contributed by atoms with Crippen molar-refractivity contribution in [1.82, 2.24) is 15.2 Å². The number of nitrogens with one attached hydrogen (secondary N) is 1. The van der Waals surface area contributed by atoms with Gasteiger partial charge in [0.2, 0.25) is 0 Å². The van der Waals surface area contributed by atoms with Gasteiger partial charge in [-0.2, -0.15) is 0 Å². The highest BCUT2D eigenvalue weighted by atomic mass is 32.1. The van der Waals surface area contributed by atoms with Gasteiger partial charge in [-0.3, -0.25) is 4.90 Å². The summed E-state index contributed by atoms with van der Waals surface area (Å²) < 4.78 is 0. The fourth-order valence-corrected chi connectivity index (χ4v) is 3.33. The van der Waals surface area contributed by atoms with Gasteiger partial charge in [-0.05, 0) is 46.2 Å². The van der Waals surface area contributed by atoms with Gasteiger partial charge in [-0.1, -0.05) is 6.92 Å². The molecular formula is C14H25N3S. The second-order valence-electron chi connectivity index (χ2n) is 5.29. The molecule has 0 bridgehead atoms. The normalized spacial score (nSPS) is 18.4. The monoisotopic (exact) mass is 267 g/mol. The average Bonchev–Trinajstić information content (AvgIpc) is 2.97. The van der Waals surface area contributed by atoms with Crippen molar-refractivity contribution >= 4 is 11.3 Å². The van der Waals surface area contributed by atoms with Crippen molar-refractivity contribution in [3.8, 4) is 0 Å². The van der Waals surface area contributed by atoms with Crippen molar-refractivity contribution in [2.75, 3.05) is 13.1 Å². The van der Waals surface area contributed by atoms with Gasteiger partial charge in [0.1, 0.15) is 5.01 Å². The van der Waals surface area contributed by atoms with E-state index in [9.17, 15) is 0 Å². The van der Waals surface area contributed by atoms with Crippen LogP contribution in [0.3, 0.4) is 0 Å². The van der Waals surface area contributed by atoms with E-state index in [2.05, 4.69) is 31.0 Å². The number of thiazole rings is 1. The molecule has 2 rings (SSSR count). The number of aromatic nitrogens is 1. The molecule has 0 saturated carbocycles. The maximum Gasteiger partial charge on any atom is 0.107 e. The highest BCUT2D eigenvalue weighted by Crippen LogP contribution is 2.21. The lowest BCUT2D eigenvalue weighted by atomic mass is 10.2. The SMILES string of the molecule is CCC(C)NCc1sc(CN2CCCC2)nc1C. The van der Waals surface area contributed by atoms with Crippen molar-refractivity contribution in [3.63, 3.8) is 0 Å². The molecule has 1 fully saturated rings. The van der Waals surface area contributed by atoms with Crippen molar-refractivity contribution in [1.29, 1.82) is 0 Å². The van der Waals surface area contributed by atoms with E-state index < -0.39 is 0 Å². The number of rotatable bonds is 6. The van der Waals surface area contributed by atoms with Crippen molar-refractivity contribution < 1.29 is 0 Å².